The van der Waals surface area contributed by atoms with Crippen molar-refractivity contribution < 1.29 is 26.5 Å². The van der Waals surface area contributed by atoms with Crippen LogP contribution in [0.3, 0.4) is 0 Å². The Hall–Kier alpha value is -4.46. The maximum atomic E-state index is 12.2. The predicted octanol–water partition coefficient (Wildman–Crippen LogP) is 7.01. The van der Waals surface area contributed by atoms with Crippen molar-refractivity contribution in [3.8, 4) is 11.5 Å². The summed E-state index contributed by atoms with van der Waals surface area (Å²) < 4.78 is 50.8. The fraction of sp³-hybridized carbons (Fsp3) is 0.0769. The zero-order chi connectivity index (χ0) is 28.3. The molecule has 39 heavy (non-hydrogen) atoms. The van der Waals surface area contributed by atoms with Crippen LogP contribution >= 0.6 is 0 Å². The maximum absolute atomic E-state index is 12.2. The molecule has 0 amide bonds. The van der Waals surface area contributed by atoms with E-state index >= 15 is 0 Å². The number of aromatic hydroxyl groups is 1. The van der Waals surface area contributed by atoms with Crippen LogP contribution in [0.15, 0.2) is 98.0 Å². The summed E-state index contributed by atoms with van der Waals surface area (Å²) >= 11 is -1.66. The van der Waals surface area contributed by atoms with Crippen molar-refractivity contribution in [1.82, 2.24) is 0 Å². The third-order valence-electron chi connectivity index (χ3n) is 5.61. The summed E-state index contributed by atoms with van der Waals surface area (Å²) in [6, 6.07) is 16.0. The summed E-state index contributed by atoms with van der Waals surface area (Å²) in [5.41, 5.74) is 8.32. The van der Waals surface area contributed by atoms with Crippen LogP contribution in [0.1, 0.15) is 11.1 Å². The molecule has 4 aromatic rings. The Labute approximate surface area is 226 Å². The first-order chi connectivity index (χ1) is 18.5. The van der Waals surface area contributed by atoms with Gasteiger partial charge in [0.15, 0.2) is 5.75 Å². The summed E-state index contributed by atoms with van der Waals surface area (Å²) in [5, 5.41) is 29.0. The largest absolute Gasteiger partial charge is 0.505 e. The molecule has 0 bridgehead atoms. The van der Waals surface area contributed by atoms with E-state index in [0.717, 1.165) is 17.0 Å². The Balaban J connectivity index is 1.81. The summed E-state index contributed by atoms with van der Waals surface area (Å²) in [4.78, 5) is -0.627. The molecular weight excluding hydrogens is 542 g/mol. The van der Waals surface area contributed by atoms with E-state index in [0.29, 0.717) is 22.7 Å². The monoisotopic (exact) mass is 565 g/mol. The highest BCUT2D eigenvalue weighted by Gasteiger charge is 2.24. The molecule has 200 valence electrons. The van der Waals surface area contributed by atoms with Crippen LogP contribution in [0.2, 0.25) is 0 Å². The lowest BCUT2D eigenvalue weighted by molar-refractivity contribution is 0.472. The van der Waals surface area contributed by atoms with Crippen LogP contribution in [-0.4, -0.2) is 22.3 Å². The Bertz CT molecular complexity index is 1790. The van der Waals surface area contributed by atoms with Crippen molar-refractivity contribution in [2.24, 2.45) is 20.5 Å². The molecule has 1 unspecified atom stereocenters. The van der Waals surface area contributed by atoms with Gasteiger partial charge in [0.1, 0.15) is 22.0 Å². The van der Waals surface area contributed by atoms with Crippen molar-refractivity contribution in [2.75, 3.05) is 5.73 Å². The van der Waals surface area contributed by atoms with Crippen molar-refractivity contribution in [3.63, 3.8) is 0 Å². The Morgan fingerprint density at radius 1 is 0.949 bits per heavy atom. The van der Waals surface area contributed by atoms with Crippen molar-refractivity contribution in [3.05, 3.63) is 83.8 Å². The molecule has 0 aliphatic rings. The van der Waals surface area contributed by atoms with E-state index in [4.69, 9.17) is 9.92 Å². The van der Waals surface area contributed by atoms with Crippen molar-refractivity contribution in [1.29, 1.82) is 0 Å². The average molecular weight is 566 g/mol. The number of nitrogen functional groups attached to an aromatic ring is 1. The topological polar surface area (TPSA) is 176 Å². The molecule has 0 saturated carbocycles. The summed E-state index contributed by atoms with van der Waals surface area (Å²) in [6.07, 6.45) is 0. The van der Waals surface area contributed by atoms with Crippen LogP contribution in [-0.2, 0) is 21.2 Å². The number of nitrogens with zero attached hydrogens (tertiary/aromatic N) is 4. The van der Waals surface area contributed by atoms with Gasteiger partial charge in [0.25, 0.3) is 10.1 Å². The number of fused-ring (bicyclic) bond motifs is 1. The van der Waals surface area contributed by atoms with Crippen LogP contribution in [0.5, 0.6) is 11.5 Å². The van der Waals surface area contributed by atoms with E-state index < -0.39 is 37.5 Å². The first-order valence-corrected chi connectivity index (χ1v) is 13.8. The van der Waals surface area contributed by atoms with E-state index in [9.17, 15) is 22.3 Å². The minimum absolute atomic E-state index is 0.0156. The predicted molar refractivity (Wildman–Crippen MR) is 150 cm³/mol. The highest BCUT2D eigenvalue weighted by molar-refractivity contribution is 7.86. The second-order valence-corrected chi connectivity index (χ2v) is 10.7. The fourth-order valence-electron chi connectivity index (χ4n) is 3.69. The van der Waals surface area contributed by atoms with Gasteiger partial charge in [-0.25, -0.2) is 4.21 Å². The van der Waals surface area contributed by atoms with Crippen LogP contribution in [0, 0.1) is 13.8 Å². The van der Waals surface area contributed by atoms with Crippen LogP contribution < -0.4 is 9.92 Å². The van der Waals surface area contributed by atoms with Gasteiger partial charge in [-0.05, 0) is 72.8 Å². The van der Waals surface area contributed by atoms with Gasteiger partial charge in [-0.1, -0.05) is 24.8 Å². The zero-order valence-corrected chi connectivity index (χ0v) is 22.4. The molecule has 0 aliphatic carbocycles. The number of aryl methyl sites for hydroxylation is 2. The molecule has 13 heteroatoms. The molecule has 0 aliphatic heterocycles. The summed E-state index contributed by atoms with van der Waals surface area (Å²) in [6.45, 7) is 6.86. The molecule has 4 N–H and O–H groups in total. The standard InChI is InChI=1S/C26H23N5O6S2/c1-4-38(33)37-19-11-9-18(10-12-19)28-30-24-16(3)13-17-14-21(39(34,35)36)25(26(32)22(17)23(24)27)31-29-20-8-6-5-7-15(20)2/h4-14,32H,1,27H2,2-3H3,(H,34,35,36). The first kappa shape index (κ1) is 27.6. The van der Waals surface area contributed by atoms with Crippen molar-refractivity contribution in [2.45, 2.75) is 18.7 Å². The number of benzene rings is 4. The van der Waals surface area contributed by atoms with Crippen LogP contribution in [0.25, 0.3) is 10.8 Å². The van der Waals surface area contributed by atoms with Gasteiger partial charge in [-0.15, -0.1) is 10.2 Å². The molecule has 0 saturated heterocycles. The highest BCUT2D eigenvalue weighted by Crippen LogP contribution is 2.47. The van der Waals surface area contributed by atoms with E-state index in [-0.39, 0.29) is 22.1 Å². The number of rotatable bonds is 8. The minimum Gasteiger partial charge on any atom is -0.505 e. The maximum Gasteiger partial charge on any atom is 0.296 e. The normalized spacial score (nSPS) is 12.8. The van der Waals surface area contributed by atoms with Gasteiger partial charge >= 0.3 is 0 Å². The number of nitrogens with two attached hydrogens (primary N) is 1. The number of hydrogen-bond acceptors (Lipinski definition) is 10. The lowest BCUT2D eigenvalue weighted by Crippen LogP contribution is -2.00. The van der Waals surface area contributed by atoms with E-state index in [1.54, 1.807) is 68.4 Å². The fourth-order valence-corrected chi connectivity index (χ4v) is 4.72. The van der Waals surface area contributed by atoms with Gasteiger partial charge in [0, 0.05) is 5.41 Å². The molecule has 0 aromatic heterocycles. The second-order valence-electron chi connectivity index (χ2n) is 8.29. The second kappa shape index (κ2) is 11.1. The Morgan fingerprint density at radius 2 is 1.62 bits per heavy atom. The molecule has 11 nitrogen and oxygen atoms in total. The van der Waals surface area contributed by atoms with E-state index in [1.165, 1.54) is 0 Å². The molecule has 0 fully saturated rings. The minimum atomic E-state index is -4.79. The Morgan fingerprint density at radius 3 is 2.26 bits per heavy atom. The molecule has 0 heterocycles. The molecule has 1 atom stereocenters. The summed E-state index contributed by atoms with van der Waals surface area (Å²) in [7, 11) is -4.79. The van der Waals surface area contributed by atoms with E-state index in [1.807, 2.05) is 0 Å². The quantitative estimate of drug-likeness (QED) is 0.117. The van der Waals surface area contributed by atoms with Crippen LogP contribution in [0.4, 0.5) is 28.4 Å². The SMILES string of the molecule is C=CS(=O)Oc1ccc(N=Nc2c(C)cc3cc(S(=O)(=O)O)c(N=Nc4ccccc4C)c(O)c3c2N)cc1. The Kier molecular flexibility index (Phi) is 7.85. The number of hydrogen-bond donors (Lipinski definition) is 3. The molecular formula is C26H23N5O6S2. The number of azo groups is 2. The number of anilines is 1. The lowest BCUT2D eigenvalue weighted by Gasteiger charge is -2.13. The third-order valence-corrected chi connectivity index (χ3v) is 7.10. The molecule has 0 spiro atoms. The number of phenolic OH excluding ortho intramolecular Hbond substituents is 1. The summed E-state index contributed by atoms with van der Waals surface area (Å²) in [5.74, 6) is -0.247. The smallest absolute Gasteiger partial charge is 0.296 e. The van der Waals surface area contributed by atoms with Gasteiger partial charge in [0.2, 0.25) is 11.1 Å². The first-order valence-electron chi connectivity index (χ1n) is 11.3. The third kappa shape index (κ3) is 6.00. The number of phenols is 1. The lowest BCUT2D eigenvalue weighted by atomic mass is 10.0. The zero-order valence-electron chi connectivity index (χ0n) is 20.8. The molecule has 0 radical (unpaired) electrons. The van der Waals surface area contributed by atoms with Gasteiger partial charge in [-0.2, -0.15) is 18.6 Å². The molecule has 4 rings (SSSR count). The van der Waals surface area contributed by atoms with Gasteiger partial charge in [-0.3, -0.25) is 4.55 Å². The van der Waals surface area contributed by atoms with E-state index in [2.05, 4.69) is 27.0 Å². The highest BCUT2D eigenvalue weighted by atomic mass is 32.2. The van der Waals surface area contributed by atoms with Gasteiger partial charge in [0.05, 0.1) is 22.4 Å². The van der Waals surface area contributed by atoms with Crippen molar-refractivity contribution >= 4 is 60.4 Å². The molecule has 4 aromatic carbocycles. The van der Waals surface area contributed by atoms with Gasteiger partial charge < -0.3 is 15.0 Å². The average Bonchev–Trinajstić information content (AvgIpc) is 2.88.